The fraction of sp³-hybridized carbons (Fsp3) is 0.417. The Morgan fingerprint density at radius 2 is 1.89 bits per heavy atom. The number of hydrogen-bond acceptors (Lipinski definition) is 3. The number of alkyl halides is 3. The molecule has 106 valence electrons. The average molecular weight is 277 g/mol. The quantitative estimate of drug-likeness (QED) is 0.812. The third-order valence-corrected chi connectivity index (χ3v) is 2.04. The van der Waals surface area contributed by atoms with Crippen LogP contribution in [0.5, 0.6) is 5.75 Å². The normalized spacial score (nSPS) is 11.2. The maximum Gasteiger partial charge on any atom is 0.414 e. The van der Waals surface area contributed by atoms with Crippen molar-refractivity contribution in [2.24, 2.45) is 0 Å². The first kappa shape index (κ1) is 15.3. The standard InChI is InChI=1S/C12H14F3NO3/c1-9-2-4-10(5-3-9)18-7-6-11(17)16-19-8-12(13,14)15/h2-5H,6-8H2,1H3,(H,16,17). The summed E-state index contributed by atoms with van der Waals surface area (Å²) in [5.41, 5.74) is 2.77. The molecule has 0 saturated carbocycles. The summed E-state index contributed by atoms with van der Waals surface area (Å²) in [5, 5.41) is 0. The Kier molecular flexibility index (Phi) is 5.62. The molecule has 1 aromatic carbocycles. The number of aryl methyl sites for hydroxylation is 1. The van der Waals surface area contributed by atoms with Gasteiger partial charge in [0, 0.05) is 0 Å². The van der Waals surface area contributed by atoms with Gasteiger partial charge in [-0.05, 0) is 19.1 Å². The molecule has 7 heteroatoms. The third-order valence-electron chi connectivity index (χ3n) is 2.04. The Morgan fingerprint density at radius 3 is 2.47 bits per heavy atom. The van der Waals surface area contributed by atoms with Crippen molar-refractivity contribution in [3.63, 3.8) is 0 Å². The highest BCUT2D eigenvalue weighted by Gasteiger charge is 2.28. The first-order chi connectivity index (χ1) is 8.87. The number of rotatable bonds is 6. The fourth-order valence-electron chi connectivity index (χ4n) is 1.15. The summed E-state index contributed by atoms with van der Waals surface area (Å²) in [7, 11) is 0. The van der Waals surface area contributed by atoms with Crippen molar-refractivity contribution in [1.29, 1.82) is 0 Å². The van der Waals surface area contributed by atoms with Crippen LogP contribution in [0.3, 0.4) is 0 Å². The molecule has 0 aliphatic rings. The zero-order valence-electron chi connectivity index (χ0n) is 10.3. The molecule has 1 rings (SSSR count). The van der Waals surface area contributed by atoms with Crippen LogP contribution in [0.4, 0.5) is 13.2 Å². The Morgan fingerprint density at radius 1 is 1.26 bits per heavy atom. The van der Waals surface area contributed by atoms with Crippen LogP contribution >= 0.6 is 0 Å². The zero-order chi connectivity index (χ0) is 14.3. The van der Waals surface area contributed by atoms with E-state index in [4.69, 9.17) is 4.74 Å². The van der Waals surface area contributed by atoms with Crippen LogP contribution in [-0.4, -0.2) is 25.3 Å². The van der Waals surface area contributed by atoms with Crippen LogP contribution in [-0.2, 0) is 9.63 Å². The minimum Gasteiger partial charge on any atom is -0.493 e. The molecule has 4 nitrogen and oxygen atoms in total. The Balaban J connectivity index is 2.15. The van der Waals surface area contributed by atoms with Crippen molar-refractivity contribution in [2.75, 3.05) is 13.2 Å². The molecular formula is C12H14F3NO3. The molecule has 0 heterocycles. The molecule has 0 aliphatic heterocycles. The predicted molar refractivity (Wildman–Crippen MR) is 61.4 cm³/mol. The van der Waals surface area contributed by atoms with Crippen LogP contribution in [0.25, 0.3) is 0 Å². The van der Waals surface area contributed by atoms with E-state index in [0.29, 0.717) is 5.75 Å². The highest BCUT2D eigenvalue weighted by Crippen LogP contribution is 2.13. The number of hydrogen-bond donors (Lipinski definition) is 1. The van der Waals surface area contributed by atoms with Gasteiger partial charge in [-0.2, -0.15) is 13.2 Å². The van der Waals surface area contributed by atoms with Crippen LogP contribution in [0.1, 0.15) is 12.0 Å². The van der Waals surface area contributed by atoms with Crippen molar-refractivity contribution in [1.82, 2.24) is 5.48 Å². The van der Waals surface area contributed by atoms with E-state index in [0.717, 1.165) is 5.56 Å². The number of nitrogens with one attached hydrogen (secondary N) is 1. The van der Waals surface area contributed by atoms with Crippen molar-refractivity contribution in [3.8, 4) is 5.75 Å². The predicted octanol–water partition coefficient (Wildman–Crippen LogP) is 2.37. The fourth-order valence-corrected chi connectivity index (χ4v) is 1.15. The van der Waals surface area contributed by atoms with Gasteiger partial charge < -0.3 is 4.74 Å². The highest BCUT2D eigenvalue weighted by molar-refractivity contribution is 5.74. The van der Waals surface area contributed by atoms with Gasteiger partial charge in [-0.15, -0.1) is 0 Å². The number of amides is 1. The van der Waals surface area contributed by atoms with Crippen molar-refractivity contribution in [2.45, 2.75) is 19.5 Å². The van der Waals surface area contributed by atoms with Gasteiger partial charge in [0.2, 0.25) is 5.91 Å². The molecule has 19 heavy (non-hydrogen) atoms. The monoisotopic (exact) mass is 277 g/mol. The lowest BCUT2D eigenvalue weighted by molar-refractivity contribution is -0.191. The second kappa shape index (κ2) is 6.98. The molecule has 0 radical (unpaired) electrons. The second-order valence-electron chi connectivity index (χ2n) is 3.84. The Hall–Kier alpha value is -1.76. The molecule has 0 bridgehead atoms. The number of carbonyl (C=O) groups is 1. The van der Waals surface area contributed by atoms with Crippen molar-refractivity contribution < 1.29 is 27.5 Å². The SMILES string of the molecule is Cc1ccc(OCCC(=O)NOCC(F)(F)F)cc1. The molecule has 0 aromatic heterocycles. The summed E-state index contributed by atoms with van der Waals surface area (Å²) in [6.07, 6.45) is -4.56. The van der Waals surface area contributed by atoms with Gasteiger partial charge in [-0.3, -0.25) is 9.63 Å². The lowest BCUT2D eigenvalue weighted by Gasteiger charge is -2.09. The smallest absolute Gasteiger partial charge is 0.414 e. The number of halogens is 3. The molecule has 1 N–H and O–H groups in total. The second-order valence-corrected chi connectivity index (χ2v) is 3.84. The van der Waals surface area contributed by atoms with E-state index in [1.54, 1.807) is 17.6 Å². The topological polar surface area (TPSA) is 47.6 Å². The maximum absolute atomic E-state index is 11.7. The number of carbonyl (C=O) groups excluding carboxylic acids is 1. The van der Waals surface area contributed by atoms with Gasteiger partial charge >= 0.3 is 6.18 Å². The number of benzene rings is 1. The summed E-state index contributed by atoms with van der Waals surface area (Å²) in [4.78, 5) is 15.1. The molecule has 0 atom stereocenters. The van der Waals surface area contributed by atoms with Crippen molar-refractivity contribution in [3.05, 3.63) is 29.8 Å². The van der Waals surface area contributed by atoms with Gasteiger partial charge in [0.15, 0.2) is 6.61 Å². The molecular weight excluding hydrogens is 263 g/mol. The van der Waals surface area contributed by atoms with E-state index in [2.05, 4.69) is 4.84 Å². The maximum atomic E-state index is 11.7. The summed E-state index contributed by atoms with van der Waals surface area (Å²) in [6, 6.07) is 7.18. The van der Waals surface area contributed by atoms with Gasteiger partial charge in [-0.25, -0.2) is 5.48 Å². The minimum absolute atomic E-state index is 0.0598. The van der Waals surface area contributed by atoms with Crippen LogP contribution in [0, 0.1) is 6.92 Å². The Bertz CT molecular complexity index is 404. The van der Waals surface area contributed by atoms with E-state index >= 15 is 0 Å². The summed E-state index contributed by atoms with van der Waals surface area (Å²) in [5.74, 6) is -0.0778. The number of ether oxygens (including phenoxy) is 1. The zero-order valence-corrected chi connectivity index (χ0v) is 10.3. The summed E-state index contributed by atoms with van der Waals surface area (Å²) < 4.78 is 40.4. The molecule has 1 amide bonds. The van der Waals surface area contributed by atoms with Gasteiger partial charge in [0.05, 0.1) is 13.0 Å². The van der Waals surface area contributed by atoms with Crippen molar-refractivity contribution >= 4 is 5.91 Å². The molecule has 0 saturated heterocycles. The van der Waals surface area contributed by atoms with E-state index in [-0.39, 0.29) is 13.0 Å². The highest BCUT2D eigenvalue weighted by atomic mass is 19.4. The molecule has 0 aliphatic carbocycles. The Labute approximate surface area is 108 Å². The van der Waals surface area contributed by atoms with E-state index in [1.165, 1.54) is 0 Å². The molecule has 1 aromatic rings. The minimum atomic E-state index is -4.47. The van der Waals surface area contributed by atoms with E-state index < -0.39 is 18.7 Å². The molecule has 0 unspecified atom stereocenters. The van der Waals surface area contributed by atoms with Gasteiger partial charge in [0.25, 0.3) is 0 Å². The lowest BCUT2D eigenvalue weighted by atomic mass is 10.2. The van der Waals surface area contributed by atoms with Gasteiger partial charge in [0.1, 0.15) is 5.75 Å². The first-order valence-electron chi connectivity index (χ1n) is 5.54. The van der Waals surface area contributed by atoms with E-state index in [9.17, 15) is 18.0 Å². The lowest BCUT2D eigenvalue weighted by Crippen LogP contribution is -2.30. The number of hydroxylamine groups is 1. The van der Waals surface area contributed by atoms with E-state index in [1.807, 2.05) is 19.1 Å². The molecule has 0 spiro atoms. The molecule has 0 fully saturated rings. The van der Waals surface area contributed by atoms with Gasteiger partial charge in [-0.1, -0.05) is 17.7 Å². The van der Waals surface area contributed by atoms with Crippen LogP contribution in [0.15, 0.2) is 24.3 Å². The average Bonchev–Trinajstić information content (AvgIpc) is 2.30. The third kappa shape index (κ3) is 7.30. The first-order valence-corrected chi connectivity index (χ1v) is 5.54. The largest absolute Gasteiger partial charge is 0.493 e. The summed E-state index contributed by atoms with van der Waals surface area (Å²) in [6.45, 7) is 0.469. The van der Waals surface area contributed by atoms with Crippen LogP contribution < -0.4 is 10.2 Å². The van der Waals surface area contributed by atoms with Crippen LogP contribution in [0.2, 0.25) is 0 Å². The summed E-state index contributed by atoms with van der Waals surface area (Å²) >= 11 is 0.